The fourth-order valence-electron chi connectivity index (χ4n) is 2.60. The number of rotatable bonds is 3. The fraction of sp³-hybridized carbons (Fsp3) is 0.500. The van der Waals surface area contributed by atoms with Gasteiger partial charge in [0.05, 0.1) is 12.5 Å². The van der Waals surface area contributed by atoms with Gasteiger partial charge in [0.25, 0.3) is 0 Å². The summed E-state index contributed by atoms with van der Waals surface area (Å²) in [6.07, 6.45) is 2.95. The van der Waals surface area contributed by atoms with Gasteiger partial charge in [-0.25, -0.2) is 0 Å². The molecule has 0 saturated heterocycles. The molecule has 17 heavy (non-hydrogen) atoms. The molecule has 0 aliphatic heterocycles. The monoisotopic (exact) mass is 233 g/mol. The van der Waals surface area contributed by atoms with E-state index in [4.69, 9.17) is 4.74 Å². The molecular weight excluding hydrogens is 214 g/mol. The van der Waals surface area contributed by atoms with Crippen molar-refractivity contribution in [2.24, 2.45) is 0 Å². The summed E-state index contributed by atoms with van der Waals surface area (Å²) in [5, 5.41) is 0. The molecule has 0 bridgehead atoms. The molecular formula is C14H19NO2. The van der Waals surface area contributed by atoms with Crippen LogP contribution in [0.5, 0.6) is 5.75 Å². The van der Waals surface area contributed by atoms with E-state index in [1.165, 1.54) is 0 Å². The van der Waals surface area contributed by atoms with Crippen molar-refractivity contribution in [3.63, 3.8) is 0 Å². The second-order valence-electron chi connectivity index (χ2n) is 4.84. The lowest BCUT2D eigenvalue weighted by Crippen LogP contribution is -2.48. The van der Waals surface area contributed by atoms with Crippen LogP contribution in [0.3, 0.4) is 0 Å². The maximum atomic E-state index is 12.4. The Hall–Kier alpha value is -1.51. The lowest BCUT2D eigenvalue weighted by molar-refractivity contribution is -0.138. The number of likely N-dealkylation sites (N-methyl/N-ethyl adjacent to an activating group) is 1. The molecule has 1 aromatic rings. The highest BCUT2D eigenvalue weighted by molar-refractivity contribution is 5.89. The van der Waals surface area contributed by atoms with Crippen LogP contribution >= 0.6 is 0 Å². The Balaban J connectivity index is 2.45. The Labute approximate surface area is 102 Å². The highest BCUT2D eigenvalue weighted by Gasteiger charge is 2.47. The number of methoxy groups -OCH3 is 1. The average molecular weight is 233 g/mol. The third-order valence-corrected chi connectivity index (χ3v) is 3.65. The number of ether oxygens (including phenoxy) is 1. The molecule has 0 heterocycles. The molecule has 3 heteroatoms. The molecule has 1 aliphatic carbocycles. The minimum atomic E-state index is -0.351. The largest absolute Gasteiger partial charge is 0.496 e. The molecule has 0 aromatic heterocycles. The van der Waals surface area contributed by atoms with Crippen LogP contribution in [0.4, 0.5) is 0 Å². The van der Waals surface area contributed by atoms with Crippen LogP contribution in [-0.4, -0.2) is 32.0 Å². The van der Waals surface area contributed by atoms with Crippen LogP contribution in [0.15, 0.2) is 24.3 Å². The normalized spacial score (nSPS) is 17.1. The molecule has 1 aromatic carbocycles. The molecule has 92 valence electrons. The first-order valence-electron chi connectivity index (χ1n) is 5.97. The molecule has 0 N–H and O–H groups in total. The number of hydrogen-bond acceptors (Lipinski definition) is 2. The zero-order valence-corrected chi connectivity index (χ0v) is 10.7. The van der Waals surface area contributed by atoms with E-state index in [0.717, 1.165) is 30.6 Å². The lowest BCUT2D eigenvalue weighted by Gasteiger charge is -2.42. The minimum Gasteiger partial charge on any atom is -0.496 e. The summed E-state index contributed by atoms with van der Waals surface area (Å²) in [6, 6.07) is 7.85. The van der Waals surface area contributed by atoms with E-state index >= 15 is 0 Å². The van der Waals surface area contributed by atoms with E-state index in [0.29, 0.717) is 0 Å². The van der Waals surface area contributed by atoms with E-state index < -0.39 is 0 Å². The fourth-order valence-corrected chi connectivity index (χ4v) is 2.60. The number of amides is 1. The average Bonchev–Trinajstić information content (AvgIpc) is 2.28. The third kappa shape index (κ3) is 1.79. The predicted octanol–water partition coefficient (Wildman–Crippen LogP) is 2.21. The van der Waals surface area contributed by atoms with Crippen molar-refractivity contribution < 1.29 is 9.53 Å². The Morgan fingerprint density at radius 3 is 2.41 bits per heavy atom. The van der Waals surface area contributed by atoms with Crippen LogP contribution in [0.25, 0.3) is 0 Å². The molecule has 0 spiro atoms. The quantitative estimate of drug-likeness (QED) is 0.801. The number of para-hydroxylation sites is 1. The van der Waals surface area contributed by atoms with E-state index in [-0.39, 0.29) is 11.3 Å². The van der Waals surface area contributed by atoms with Gasteiger partial charge in [-0.1, -0.05) is 24.6 Å². The molecule has 2 rings (SSSR count). The third-order valence-electron chi connectivity index (χ3n) is 3.65. The smallest absolute Gasteiger partial charge is 0.232 e. The Bertz CT molecular complexity index is 422. The zero-order chi connectivity index (χ0) is 12.5. The predicted molar refractivity (Wildman–Crippen MR) is 67.2 cm³/mol. The SMILES string of the molecule is COc1ccccc1C1(C(=O)N(C)C)CCC1. The summed E-state index contributed by atoms with van der Waals surface area (Å²) in [5.41, 5.74) is 0.684. The summed E-state index contributed by atoms with van der Waals surface area (Å²) in [6.45, 7) is 0. The van der Waals surface area contributed by atoms with Crippen molar-refractivity contribution in [3.05, 3.63) is 29.8 Å². The van der Waals surface area contributed by atoms with Gasteiger partial charge < -0.3 is 9.64 Å². The highest BCUT2D eigenvalue weighted by atomic mass is 16.5. The number of hydrogen-bond donors (Lipinski definition) is 0. The second-order valence-corrected chi connectivity index (χ2v) is 4.84. The second kappa shape index (κ2) is 4.40. The maximum Gasteiger partial charge on any atom is 0.232 e. The van der Waals surface area contributed by atoms with Gasteiger partial charge in [-0.05, 0) is 18.9 Å². The van der Waals surface area contributed by atoms with Crippen molar-refractivity contribution in [1.82, 2.24) is 4.90 Å². The van der Waals surface area contributed by atoms with Crippen LogP contribution in [0.1, 0.15) is 24.8 Å². The first kappa shape index (κ1) is 12.0. The first-order valence-corrected chi connectivity index (χ1v) is 5.97. The maximum absolute atomic E-state index is 12.4. The van der Waals surface area contributed by atoms with Gasteiger partial charge >= 0.3 is 0 Å². The Morgan fingerprint density at radius 1 is 1.29 bits per heavy atom. The summed E-state index contributed by atoms with van der Waals surface area (Å²) in [4.78, 5) is 14.1. The molecule has 1 fully saturated rings. The van der Waals surface area contributed by atoms with Gasteiger partial charge in [0.1, 0.15) is 5.75 Å². The number of benzene rings is 1. The van der Waals surface area contributed by atoms with Gasteiger partial charge in [-0.2, -0.15) is 0 Å². The molecule has 1 saturated carbocycles. The topological polar surface area (TPSA) is 29.5 Å². The van der Waals surface area contributed by atoms with Crippen molar-refractivity contribution in [1.29, 1.82) is 0 Å². The number of carbonyl (C=O) groups is 1. The molecule has 3 nitrogen and oxygen atoms in total. The van der Waals surface area contributed by atoms with Gasteiger partial charge in [-0.3, -0.25) is 4.79 Å². The zero-order valence-electron chi connectivity index (χ0n) is 10.7. The van der Waals surface area contributed by atoms with E-state index in [1.54, 1.807) is 12.0 Å². The van der Waals surface area contributed by atoms with Crippen molar-refractivity contribution >= 4 is 5.91 Å². The van der Waals surface area contributed by atoms with Crippen molar-refractivity contribution in [3.8, 4) is 5.75 Å². The first-order chi connectivity index (χ1) is 8.12. The van der Waals surface area contributed by atoms with Gasteiger partial charge in [0, 0.05) is 19.7 Å². The van der Waals surface area contributed by atoms with Gasteiger partial charge in [0.15, 0.2) is 0 Å². The van der Waals surface area contributed by atoms with E-state index in [2.05, 4.69) is 0 Å². The van der Waals surface area contributed by atoms with Crippen LogP contribution in [0.2, 0.25) is 0 Å². The van der Waals surface area contributed by atoms with Crippen LogP contribution in [-0.2, 0) is 10.2 Å². The summed E-state index contributed by atoms with van der Waals surface area (Å²) in [5.74, 6) is 1.01. The van der Waals surface area contributed by atoms with E-state index in [9.17, 15) is 4.79 Å². The summed E-state index contributed by atoms with van der Waals surface area (Å²) < 4.78 is 5.39. The lowest BCUT2D eigenvalue weighted by atomic mass is 9.63. The Morgan fingerprint density at radius 2 is 1.94 bits per heavy atom. The molecule has 1 amide bonds. The molecule has 0 atom stereocenters. The van der Waals surface area contributed by atoms with E-state index in [1.807, 2.05) is 38.4 Å². The highest BCUT2D eigenvalue weighted by Crippen LogP contribution is 2.47. The van der Waals surface area contributed by atoms with Gasteiger partial charge in [0.2, 0.25) is 5.91 Å². The Kier molecular flexibility index (Phi) is 3.09. The molecule has 0 radical (unpaired) electrons. The minimum absolute atomic E-state index is 0.188. The molecule has 1 aliphatic rings. The van der Waals surface area contributed by atoms with Gasteiger partial charge in [-0.15, -0.1) is 0 Å². The summed E-state index contributed by atoms with van der Waals surface area (Å²) in [7, 11) is 5.29. The summed E-state index contributed by atoms with van der Waals surface area (Å²) >= 11 is 0. The molecule has 0 unspecified atom stereocenters. The standard InChI is InChI=1S/C14H19NO2/c1-15(2)13(16)14(9-6-10-14)11-7-4-5-8-12(11)17-3/h4-5,7-8H,6,9-10H2,1-3H3. The van der Waals surface area contributed by atoms with Crippen molar-refractivity contribution in [2.45, 2.75) is 24.7 Å². The van der Waals surface area contributed by atoms with Crippen LogP contribution < -0.4 is 4.74 Å². The number of carbonyl (C=O) groups excluding carboxylic acids is 1. The van der Waals surface area contributed by atoms with Crippen molar-refractivity contribution in [2.75, 3.05) is 21.2 Å². The van der Waals surface area contributed by atoms with Crippen LogP contribution in [0, 0.1) is 0 Å². The number of nitrogens with zero attached hydrogens (tertiary/aromatic N) is 1.